The maximum atomic E-state index is 13.0. The fraction of sp³-hybridized carbons (Fsp3) is 0.0909. The number of benzene rings is 2. The van der Waals surface area contributed by atoms with Crippen molar-refractivity contribution in [3.63, 3.8) is 0 Å². The lowest BCUT2D eigenvalue weighted by atomic mass is 10.1. The van der Waals surface area contributed by atoms with Crippen LogP contribution in [0, 0.1) is 0 Å². The van der Waals surface area contributed by atoms with Crippen LogP contribution in [0.25, 0.3) is 11.4 Å². The molecule has 0 aliphatic rings. The van der Waals surface area contributed by atoms with Crippen LogP contribution >= 0.6 is 0 Å². The number of para-hydroxylation sites is 1. The van der Waals surface area contributed by atoms with Gasteiger partial charge in [-0.05, 0) is 42.5 Å². The highest BCUT2D eigenvalue weighted by Gasteiger charge is 2.30. The van der Waals surface area contributed by atoms with Gasteiger partial charge in [-0.3, -0.25) is 9.78 Å². The number of rotatable bonds is 6. The molecule has 0 unspecified atom stereocenters. The summed E-state index contributed by atoms with van der Waals surface area (Å²) in [6.07, 6.45) is -1.27. The topological polar surface area (TPSA) is 92.9 Å². The zero-order valence-corrected chi connectivity index (χ0v) is 16.4. The fourth-order valence-electron chi connectivity index (χ4n) is 2.91. The van der Waals surface area contributed by atoms with Crippen LogP contribution in [0.1, 0.15) is 21.8 Å². The second-order valence-electron chi connectivity index (χ2n) is 6.68. The molecule has 0 bridgehead atoms. The van der Waals surface area contributed by atoms with Gasteiger partial charge in [-0.15, -0.1) is 0 Å². The SMILES string of the molecule is O=C(NCc1nc(-c2ccncc2)no1)c1ccccc1Nc1cccc(C(F)(F)F)c1. The van der Waals surface area contributed by atoms with Crippen molar-refractivity contribution >= 4 is 17.3 Å². The Morgan fingerprint density at radius 2 is 1.78 bits per heavy atom. The van der Waals surface area contributed by atoms with Gasteiger partial charge in [0.25, 0.3) is 5.91 Å². The number of aromatic nitrogens is 3. The van der Waals surface area contributed by atoms with Gasteiger partial charge in [0.05, 0.1) is 23.4 Å². The number of nitrogens with one attached hydrogen (secondary N) is 2. The Balaban J connectivity index is 1.46. The quantitative estimate of drug-likeness (QED) is 0.447. The van der Waals surface area contributed by atoms with Crippen LogP contribution in [0.4, 0.5) is 24.5 Å². The molecule has 2 heterocycles. The molecule has 0 saturated heterocycles. The molecule has 10 heteroatoms. The van der Waals surface area contributed by atoms with Crippen molar-refractivity contribution in [3.05, 3.63) is 90.1 Å². The van der Waals surface area contributed by atoms with E-state index < -0.39 is 17.6 Å². The van der Waals surface area contributed by atoms with Gasteiger partial charge in [0.1, 0.15) is 0 Å². The van der Waals surface area contributed by atoms with Gasteiger partial charge in [-0.1, -0.05) is 23.4 Å². The summed E-state index contributed by atoms with van der Waals surface area (Å²) < 4.78 is 44.1. The summed E-state index contributed by atoms with van der Waals surface area (Å²) in [6.45, 7) is -0.0190. The summed E-state index contributed by atoms with van der Waals surface area (Å²) in [6, 6.07) is 14.7. The first-order valence-electron chi connectivity index (χ1n) is 9.44. The first kappa shape index (κ1) is 21.0. The van der Waals surface area contributed by atoms with Gasteiger partial charge in [0.15, 0.2) is 0 Å². The van der Waals surface area contributed by atoms with Gasteiger partial charge in [-0.2, -0.15) is 18.2 Å². The summed E-state index contributed by atoms with van der Waals surface area (Å²) in [5.41, 5.74) is 0.743. The molecule has 162 valence electrons. The maximum absolute atomic E-state index is 13.0. The highest BCUT2D eigenvalue weighted by molar-refractivity contribution is 6.00. The second-order valence-corrected chi connectivity index (χ2v) is 6.68. The standard InChI is InChI=1S/C22H16F3N5O2/c23-22(24,25)15-4-3-5-16(12-15)28-18-7-2-1-6-17(18)21(31)27-13-19-29-20(30-32-19)14-8-10-26-11-9-14/h1-12,28H,13H2,(H,27,31). The summed E-state index contributed by atoms with van der Waals surface area (Å²) in [7, 11) is 0. The Labute approximate surface area is 180 Å². The third-order valence-electron chi connectivity index (χ3n) is 4.45. The molecule has 7 nitrogen and oxygen atoms in total. The Morgan fingerprint density at radius 1 is 1.00 bits per heavy atom. The van der Waals surface area contributed by atoms with Crippen LogP contribution in [-0.2, 0) is 12.7 Å². The number of alkyl halides is 3. The Morgan fingerprint density at radius 3 is 2.56 bits per heavy atom. The minimum absolute atomic E-state index is 0.0190. The van der Waals surface area contributed by atoms with Gasteiger partial charge in [-0.25, -0.2) is 0 Å². The predicted octanol–water partition coefficient (Wildman–Crippen LogP) is 4.82. The number of carbonyl (C=O) groups is 1. The molecule has 0 saturated carbocycles. The summed E-state index contributed by atoms with van der Waals surface area (Å²) in [5.74, 6) is 0.112. The van der Waals surface area contributed by atoms with E-state index in [-0.39, 0.29) is 23.7 Å². The molecule has 32 heavy (non-hydrogen) atoms. The number of anilines is 2. The number of halogens is 3. The maximum Gasteiger partial charge on any atom is 0.416 e. The normalized spacial score (nSPS) is 11.2. The molecule has 4 aromatic rings. The molecule has 2 aromatic carbocycles. The van der Waals surface area contributed by atoms with E-state index >= 15 is 0 Å². The molecule has 0 spiro atoms. The van der Waals surface area contributed by atoms with Gasteiger partial charge in [0.2, 0.25) is 11.7 Å². The van der Waals surface area contributed by atoms with Crippen LogP contribution in [0.5, 0.6) is 0 Å². The smallest absolute Gasteiger partial charge is 0.355 e. The first-order chi connectivity index (χ1) is 15.4. The number of pyridine rings is 1. The minimum atomic E-state index is -4.46. The average molecular weight is 439 g/mol. The Kier molecular flexibility index (Phi) is 5.84. The zero-order valence-electron chi connectivity index (χ0n) is 16.4. The van der Waals surface area contributed by atoms with E-state index in [0.29, 0.717) is 11.5 Å². The molecule has 4 rings (SSSR count). The van der Waals surface area contributed by atoms with E-state index in [9.17, 15) is 18.0 Å². The summed E-state index contributed by atoms with van der Waals surface area (Å²) >= 11 is 0. The lowest BCUT2D eigenvalue weighted by molar-refractivity contribution is -0.137. The third kappa shape index (κ3) is 4.91. The van der Waals surface area contributed by atoms with Gasteiger partial charge in [0, 0.05) is 23.6 Å². The molecule has 2 N–H and O–H groups in total. The minimum Gasteiger partial charge on any atom is -0.355 e. The van der Waals surface area contributed by atoms with E-state index in [1.807, 2.05) is 0 Å². The van der Waals surface area contributed by atoms with Gasteiger partial charge >= 0.3 is 6.18 Å². The van der Waals surface area contributed by atoms with E-state index in [0.717, 1.165) is 17.7 Å². The van der Waals surface area contributed by atoms with Gasteiger partial charge < -0.3 is 15.2 Å². The van der Waals surface area contributed by atoms with E-state index in [4.69, 9.17) is 4.52 Å². The number of hydrogen-bond donors (Lipinski definition) is 2. The molecule has 0 atom stereocenters. The molecule has 0 aliphatic heterocycles. The van der Waals surface area contributed by atoms with E-state index in [2.05, 4.69) is 25.8 Å². The van der Waals surface area contributed by atoms with Crippen molar-refractivity contribution in [1.29, 1.82) is 0 Å². The lowest BCUT2D eigenvalue weighted by Gasteiger charge is -2.13. The Bertz CT molecular complexity index is 1230. The largest absolute Gasteiger partial charge is 0.416 e. The van der Waals surface area contributed by atoms with Crippen molar-refractivity contribution in [2.24, 2.45) is 0 Å². The van der Waals surface area contributed by atoms with E-state index in [1.54, 1.807) is 48.8 Å². The van der Waals surface area contributed by atoms with Crippen LogP contribution in [0.2, 0.25) is 0 Å². The van der Waals surface area contributed by atoms with Crippen molar-refractivity contribution in [3.8, 4) is 11.4 Å². The molecule has 0 aliphatic carbocycles. The van der Waals surface area contributed by atoms with E-state index in [1.165, 1.54) is 12.1 Å². The zero-order chi connectivity index (χ0) is 22.6. The fourth-order valence-corrected chi connectivity index (χ4v) is 2.91. The predicted molar refractivity (Wildman–Crippen MR) is 110 cm³/mol. The molecular formula is C22H16F3N5O2. The number of nitrogens with zero attached hydrogens (tertiary/aromatic N) is 3. The van der Waals surface area contributed by atoms with Crippen LogP contribution in [-0.4, -0.2) is 21.0 Å². The molecule has 2 aromatic heterocycles. The van der Waals surface area contributed by atoms with Crippen molar-refractivity contribution in [2.45, 2.75) is 12.7 Å². The third-order valence-corrected chi connectivity index (χ3v) is 4.45. The monoisotopic (exact) mass is 439 g/mol. The average Bonchev–Trinajstić information content (AvgIpc) is 3.27. The highest BCUT2D eigenvalue weighted by atomic mass is 19.4. The highest BCUT2D eigenvalue weighted by Crippen LogP contribution is 2.31. The number of carbonyl (C=O) groups excluding carboxylic acids is 1. The Hall–Kier alpha value is -4.21. The lowest BCUT2D eigenvalue weighted by Crippen LogP contribution is -2.23. The van der Waals surface area contributed by atoms with Crippen LogP contribution < -0.4 is 10.6 Å². The van der Waals surface area contributed by atoms with Crippen molar-refractivity contribution in [1.82, 2.24) is 20.4 Å². The molecule has 0 fully saturated rings. The second kappa shape index (κ2) is 8.88. The van der Waals surface area contributed by atoms with Crippen molar-refractivity contribution < 1.29 is 22.5 Å². The summed E-state index contributed by atoms with van der Waals surface area (Å²) in [5, 5.41) is 9.42. The van der Waals surface area contributed by atoms with Crippen molar-refractivity contribution in [2.75, 3.05) is 5.32 Å². The van der Waals surface area contributed by atoms with Crippen LogP contribution in [0.15, 0.2) is 77.6 Å². The first-order valence-corrected chi connectivity index (χ1v) is 9.44. The molecule has 0 radical (unpaired) electrons. The number of hydrogen-bond acceptors (Lipinski definition) is 6. The van der Waals surface area contributed by atoms with Crippen LogP contribution in [0.3, 0.4) is 0 Å². The molecular weight excluding hydrogens is 423 g/mol. The summed E-state index contributed by atoms with van der Waals surface area (Å²) in [4.78, 5) is 20.9. The molecule has 1 amide bonds. The number of amides is 1.